The fourth-order valence-corrected chi connectivity index (χ4v) is 4.40. The smallest absolute Gasteiger partial charge is 0.0616 e. The molecule has 0 atom stereocenters. The summed E-state index contributed by atoms with van der Waals surface area (Å²) in [5.41, 5.74) is 0. The van der Waals surface area contributed by atoms with Gasteiger partial charge in [-0.05, 0) is 45.8 Å². The van der Waals surface area contributed by atoms with Gasteiger partial charge in [-0.1, -0.05) is 42.5 Å². The molecule has 0 radical (unpaired) electrons. The number of hydrogen-bond donors (Lipinski definition) is 0. The third-order valence-electron chi connectivity index (χ3n) is 4.09. The van der Waals surface area contributed by atoms with Gasteiger partial charge in [-0.15, -0.1) is 0 Å². The summed E-state index contributed by atoms with van der Waals surface area (Å²) in [6.45, 7) is 0. The Morgan fingerprint density at radius 3 is 1.86 bits per heavy atom. The fourth-order valence-electron chi connectivity index (χ4n) is 3.16. The summed E-state index contributed by atoms with van der Waals surface area (Å²) in [4.78, 5) is 1.49. The second-order valence-corrected chi connectivity index (χ2v) is 7.71. The largest absolute Gasteiger partial charge is 0.170 e. The quantitative estimate of drug-likeness (QED) is 0.326. The molecule has 0 saturated carbocycles. The molecular weight excluding hydrogens is 272 g/mol. The van der Waals surface area contributed by atoms with E-state index in [0.29, 0.717) is 0 Å². The molecule has 0 spiro atoms. The second-order valence-electron chi connectivity index (χ2n) is 5.66. The average Bonchev–Trinajstić information content (AvgIpc) is 2.50. The first-order chi connectivity index (χ1) is 10.2. The lowest BCUT2D eigenvalue weighted by Crippen LogP contribution is -1.98. The van der Waals surface area contributed by atoms with E-state index >= 15 is 0 Å². The minimum absolute atomic E-state index is 0.229. The highest BCUT2D eigenvalue weighted by molar-refractivity contribution is 7.96. The minimum atomic E-state index is 0.229. The lowest BCUT2D eigenvalue weighted by molar-refractivity contribution is 1.61. The Kier molecular flexibility index (Phi) is 2.90. The molecule has 102 valence electrons. The minimum Gasteiger partial charge on any atom is -0.0616 e. The zero-order chi connectivity index (χ0) is 14.4. The maximum Gasteiger partial charge on any atom is 0.170 e. The van der Waals surface area contributed by atoms with Crippen molar-refractivity contribution in [3.8, 4) is 0 Å². The van der Waals surface area contributed by atoms with E-state index in [1.54, 1.807) is 0 Å². The van der Waals surface area contributed by atoms with Crippen molar-refractivity contribution in [3.63, 3.8) is 0 Å². The van der Waals surface area contributed by atoms with Crippen LogP contribution >= 0.6 is 0 Å². The third kappa shape index (κ3) is 2.00. The number of rotatable bonds is 1. The lowest BCUT2D eigenvalue weighted by atomic mass is 10.00. The standard InChI is InChI=1S/C20H17S/c1-21(2)20-18-10-6-5-9-16(18)12-17-11-14-7-3-4-8-15(14)13-19(17)20/h3-13H,1-2H3/q+1. The molecule has 0 bridgehead atoms. The van der Waals surface area contributed by atoms with E-state index in [1.807, 2.05) is 0 Å². The van der Waals surface area contributed by atoms with Crippen LogP contribution in [0.15, 0.2) is 71.6 Å². The van der Waals surface area contributed by atoms with Crippen LogP contribution in [0.25, 0.3) is 32.3 Å². The molecule has 0 aliphatic rings. The highest BCUT2D eigenvalue weighted by Gasteiger charge is 2.18. The van der Waals surface area contributed by atoms with Crippen LogP contribution < -0.4 is 0 Å². The van der Waals surface area contributed by atoms with Crippen molar-refractivity contribution < 1.29 is 0 Å². The number of benzene rings is 4. The normalized spacial score (nSPS) is 11.8. The van der Waals surface area contributed by atoms with E-state index in [2.05, 4.69) is 79.2 Å². The average molecular weight is 289 g/mol. The van der Waals surface area contributed by atoms with Crippen molar-refractivity contribution in [1.29, 1.82) is 0 Å². The van der Waals surface area contributed by atoms with Gasteiger partial charge in [0.2, 0.25) is 0 Å². The van der Waals surface area contributed by atoms with Gasteiger partial charge in [-0.3, -0.25) is 0 Å². The molecule has 0 saturated heterocycles. The van der Waals surface area contributed by atoms with E-state index < -0.39 is 0 Å². The molecule has 0 fully saturated rings. The fraction of sp³-hybridized carbons (Fsp3) is 0.100. The van der Waals surface area contributed by atoms with Crippen LogP contribution in [0.4, 0.5) is 0 Å². The molecule has 0 N–H and O–H groups in total. The van der Waals surface area contributed by atoms with Crippen molar-refractivity contribution in [2.24, 2.45) is 0 Å². The van der Waals surface area contributed by atoms with E-state index in [4.69, 9.17) is 0 Å². The van der Waals surface area contributed by atoms with Crippen molar-refractivity contribution in [2.45, 2.75) is 4.90 Å². The molecule has 0 nitrogen and oxygen atoms in total. The highest BCUT2D eigenvalue weighted by Crippen LogP contribution is 2.34. The SMILES string of the molecule is C[S+](C)c1c2ccccc2cc2cc3ccccc3cc12. The first kappa shape index (κ1) is 12.7. The third-order valence-corrected chi connectivity index (χ3v) is 5.34. The summed E-state index contributed by atoms with van der Waals surface area (Å²) >= 11 is 0. The molecule has 4 aromatic rings. The van der Waals surface area contributed by atoms with E-state index in [-0.39, 0.29) is 10.9 Å². The zero-order valence-electron chi connectivity index (χ0n) is 12.3. The van der Waals surface area contributed by atoms with Crippen molar-refractivity contribution in [1.82, 2.24) is 0 Å². The molecule has 21 heavy (non-hydrogen) atoms. The lowest BCUT2D eigenvalue weighted by Gasteiger charge is -2.09. The number of fused-ring (bicyclic) bond motifs is 3. The van der Waals surface area contributed by atoms with E-state index in [0.717, 1.165) is 0 Å². The maximum absolute atomic E-state index is 2.36. The van der Waals surface area contributed by atoms with Crippen LogP contribution in [0, 0.1) is 0 Å². The molecule has 0 amide bonds. The van der Waals surface area contributed by atoms with Crippen LogP contribution in [0.5, 0.6) is 0 Å². The molecular formula is C20H17S+. The Balaban J connectivity index is 2.25. The van der Waals surface area contributed by atoms with Gasteiger partial charge < -0.3 is 0 Å². The Morgan fingerprint density at radius 2 is 1.14 bits per heavy atom. The van der Waals surface area contributed by atoms with Gasteiger partial charge in [0, 0.05) is 21.7 Å². The Labute approximate surface area is 127 Å². The van der Waals surface area contributed by atoms with Crippen LogP contribution in [0.1, 0.15) is 0 Å². The van der Waals surface area contributed by atoms with Gasteiger partial charge in [0.15, 0.2) is 4.90 Å². The van der Waals surface area contributed by atoms with Crippen molar-refractivity contribution in [2.75, 3.05) is 12.5 Å². The van der Waals surface area contributed by atoms with Gasteiger partial charge in [0.1, 0.15) is 12.5 Å². The molecule has 1 heteroatoms. The van der Waals surface area contributed by atoms with Gasteiger partial charge in [-0.25, -0.2) is 0 Å². The highest BCUT2D eigenvalue weighted by atomic mass is 32.2. The first-order valence-corrected chi connectivity index (χ1v) is 9.20. The molecule has 0 heterocycles. The van der Waals surface area contributed by atoms with Crippen LogP contribution in [-0.2, 0) is 10.9 Å². The van der Waals surface area contributed by atoms with Gasteiger partial charge in [0.05, 0.1) is 0 Å². The summed E-state index contributed by atoms with van der Waals surface area (Å²) in [5, 5.41) is 8.14. The Morgan fingerprint density at radius 1 is 0.571 bits per heavy atom. The van der Waals surface area contributed by atoms with Crippen LogP contribution in [0.2, 0.25) is 0 Å². The Bertz CT molecular complexity index is 962. The predicted octanol–water partition coefficient (Wildman–Crippen LogP) is 5.38. The summed E-state index contributed by atoms with van der Waals surface area (Å²) in [5.74, 6) is 0. The molecule has 0 aliphatic heterocycles. The second kappa shape index (κ2) is 4.78. The van der Waals surface area contributed by atoms with Crippen molar-refractivity contribution >= 4 is 43.2 Å². The van der Waals surface area contributed by atoms with Crippen LogP contribution in [-0.4, -0.2) is 12.5 Å². The Hall–Kier alpha value is -1.99. The molecule has 4 aromatic carbocycles. The van der Waals surface area contributed by atoms with E-state index in [9.17, 15) is 0 Å². The summed E-state index contributed by atoms with van der Waals surface area (Å²) in [6, 6.07) is 24.4. The molecule has 0 aliphatic carbocycles. The summed E-state index contributed by atoms with van der Waals surface area (Å²) in [6.07, 6.45) is 4.63. The van der Waals surface area contributed by atoms with Gasteiger partial charge in [-0.2, -0.15) is 0 Å². The van der Waals surface area contributed by atoms with Crippen molar-refractivity contribution in [3.05, 3.63) is 66.7 Å². The van der Waals surface area contributed by atoms with Gasteiger partial charge >= 0.3 is 0 Å². The zero-order valence-corrected chi connectivity index (χ0v) is 13.1. The van der Waals surface area contributed by atoms with Gasteiger partial charge in [0.25, 0.3) is 0 Å². The van der Waals surface area contributed by atoms with Crippen LogP contribution in [0.3, 0.4) is 0 Å². The maximum atomic E-state index is 2.36. The number of hydrogen-bond acceptors (Lipinski definition) is 0. The summed E-state index contributed by atoms with van der Waals surface area (Å²) < 4.78 is 0. The topological polar surface area (TPSA) is 0 Å². The first-order valence-electron chi connectivity index (χ1n) is 7.16. The molecule has 0 aromatic heterocycles. The predicted molar refractivity (Wildman–Crippen MR) is 96.4 cm³/mol. The molecule has 0 unspecified atom stereocenters. The summed E-state index contributed by atoms with van der Waals surface area (Å²) in [7, 11) is 0.229. The monoisotopic (exact) mass is 289 g/mol. The molecule has 4 rings (SSSR count). The van der Waals surface area contributed by atoms with E-state index in [1.165, 1.54) is 37.2 Å².